The van der Waals surface area contributed by atoms with E-state index in [1.807, 2.05) is 6.92 Å². The number of nitrogens with two attached hydrogens (primary N) is 1. The van der Waals surface area contributed by atoms with Gasteiger partial charge in [-0.1, -0.05) is 6.07 Å². The number of nitrogens with zero attached hydrogens (tertiary/aromatic N) is 3. The van der Waals surface area contributed by atoms with Crippen LogP contribution < -0.4 is 21.3 Å². The highest BCUT2D eigenvalue weighted by Gasteiger charge is 2.37. The number of carbonyl (C=O) groups excluding carboxylic acids is 3. The molecule has 222 valence electrons. The van der Waals surface area contributed by atoms with Crippen LogP contribution in [0.2, 0.25) is 0 Å². The second kappa shape index (κ2) is 11.5. The standard InChI is InChI=1S/C28H35F3N6O4/c1-16-5-6-19(33-25(39)36-8-7-17(14-36)13-28(29,30)31)11-21(16)18-9-22(32)35-23(10-18)37-15-20(12-24(37)38)34-26(40)41-27(2,3)4/h5-6,9-11,17,20H,7-8,12-15H2,1-4H3,(H2,32,35)(H,33,39)(H,34,40)/t17-,20-/m0/s1. The highest BCUT2D eigenvalue weighted by atomic mass is 19.4. The number of rotatable bonds is 5. The molecule has 0 aliphatic carbocycles. The number of carbonyl (C=O) groups is 3. The van der Waals surface area contributed by atoms with Crippen molar-refractivity contribution in [2.24, 2.45) is 5.92 Å². The molecular weight excluding hydrogens is 541 g/mol. The maximum absolute atomic E-state index is 12.8. The van der Waals surface area contributed by atoms with Crippen LogP contribution >= 0.6 is 0 Å². The van der Waals surface area contributed by atoms with E-state index in [0.717, 1.165) is 11.1 Å². The third-order valence-corrected chi connectivity index (χ3v) is 6.85. The molecule has 2 atom stereocenters. The summed E-state index contributed by atoms with van der Waals surface area (Å²) in [5, 5.41) is 5.49. The van der Waals surface area contributed by atoms with Crippen molar-refractivity contribution in [1.29, 1.82) is 0 Å². The van der Waals surface area contributed by atoms with E-state index in [1.54, 1.807) is 51.1 Å². The lowest BCUT2D eigenvalue weighted by atomic mass is 10.00. The number of hydrogen-bond acceptors (Lipinski definition) is 6. The molecule has 3 heterocycles. The van der Waals surface area contributed by atoms with Crippen LogP contribution in [0.15, 0.2) is 30.3 Å². The number of alkyl halides is 3. The lowest BCUT2D eigenvalue weighted by Crippen LogP contribution is -2.40. The molecule has 4 amide bonds. The number of amides is 4. The van der Waals surface area contributed by atoms with Gasteiger partial charge in [-0.2, -0.15) is 13.2 Å². The van der Waals surface area contributed by atoms with Crippen LogP contribution in [0.1, 0.15) is 45.6 Å². The molecule has 0 unspecified atom stereocenters. The fourth-order valence-electron chi connectivity index (χ4n) is 5.05. The summed E-state index contributed by atoms with van der Waals surface area (Å²) in [4.78, 5) is 45.0. The van der Waals surface area contributed by atoms with E-state index in [-0.39, 0.29) is 37.8 Å². The summed E-state index contributed by atoms with van der Waals surface area (Å²) >= 11 is 0. The SMILES string of the molecule is Cc1ccc(NC(=O)N2CC[C@@H](CC(F)(F)F)C2)cc1-c1cc(N)nc(N2C[C@@H](NC(=O)OC(C)(C)C)CC2=O)c1. The average Bonchev–Trinajstić information content (AvgIpc) is 3.43. The molecule has 1 aromatic carbocycles. The van der Waals surface area contributed by atoms with Gasteiger partial charge in [0, 0.05) is 38.2 Å². The summed E-state index contributed by atoms with van der Waals surface area (Å²) < 4.78 is 43.5. The maximum Gasteiger partial charge on any atom is 0.407 e. The zero-order chi connectivity index (χ0) is 30.1. The lowest BCUT2D eigenvalue weighted by Gasteiger charge is -2.22. The normalized spacial score (nSPS) is 19.4. The van der Waals surface area contributed by atoms with Crippen molar-refractivity contribution < 1.29 is 32.3 Å². The first-order valence-corrected chi connectivity index (χ1v) is 13.4. The Morgan fingerprint density at radius 3 is 2.56 bits per heavy atom. The molecule has 41 heavy (non-hydrogen) atoms. The Hall–Kier alpha value is -4.03. The van der Waals surface area contributed by atoms with Gasteiger partial charge in [-0.05, 0) is 81.0 Å². The first-order valence-electron chi connectivity index (χ1n) is 13.4. The van der Waals surface area contributed by atoms with Crippen LogP contribution in [0.5, 0.6) is 0 Å². The predicted molar refractivity (Wildman–Crippen MR) is 148 cm³/mol. The van der Waals surface area contributed by atoms with E-state index >= 15 is 0 Å². The fourth-order valence-corrected chi connectivity index (χ4v) is 5.05. The van der Waals surface area contributed by atoms with E-state index < -0.39 is 42.3 Å². The molecule has 4 rings (SSSR count). The number of nitrogen functional groups attached to an aromatic ring is 1. The summed E-state index contributed by atoms with van der Waals surface area (Å²) in [6.07, 6.45) is -5.41. The van der Waals surface area contributed by atoms with Crippen molar-refractivity contribution in [2.75, 3.05) is 35.6 Å². The highest BCUT2D eigenvalue weighted by molar-refractivity contribution is 5.97. The van der Waals surface area contributed by atoms with E-state index in [1.165, 1.54) is 9.80 Å². The first kappa shape index (κ1) is 29.9. The van der Waals surface area contributed by atoms with Crippen LogP contribution in [0.3, 0.4) is 0 Å². The molecule has 10 nitrogen and oxygen atoms in total. The number of alkyl carbamates (subject to hydrolysis) is 1. The Bertz CT molecular complexity index is 1330. The molecular formula is C28H35F3N6O4. The summed E-state index contributed by atoms with van der Waals surface area (Å²) in [5.74, 6) is -0.349. The molecule has 0 saturated carbocycles. The topological polar surface area (TPSA) is 130 Å². The quantitative estimate of drug-likeness (QED) is 0.456. The number of nitrogens with one attached hydrogen (secondary N) is 2. The molecule has 2 aromatic rings. The maximum atomic E-state index is 12.8. The van der Waals surface area contributed by atoms with Gasteiger partial charge >= 0.3 is 18.3 Å². The molecule has 2 aliphatic heterocycles. The van der Waals surface area contributed by atoms with E-state index in [0.29, 0.717) is 23.5 Å². The summed E-state index contributed by atoms with van der Waals surface area (Å²) in [7, 11) is 0. The van der Waals surface area contributed by atoms with Crippen LogP contribution in [0.25, 0.3) is 11.1 Å². The minimum absolute atomic E-state index is 0.0436. The third kappa shape index (κ3) is 8.01. The second-order valence-electron chi connectivity index (χ2n) is 11.6. The zero-order valence-electron chi connectivity index (χ0n) is 23.5. The van der Waals surface area contributed by atoms with Gasteiger partial charge in [-0.25, -0.2) is 14.6 Å². The number of aromatic nitrogens is 1. The zero-order valence-corrected chi connectivity index (χ0v) is 23.5. The van der Waals surface area contributed by atoms with Crippen molar-refractivity contribution in [3.63, 3.8) is 0 Å². The Balaban J connectivity index is 1.47. The molecule has 0 radical (unpaired) electrons. The van der Waals surface area contributed by atoms with Crippen LogP contribution in [0.4, 0.5) is 40.1 Å². The number of ether oxygens (including phenoxy) is 1. The van der Waals surface area contributed by atoms with Crippen molar-refractivity contribution in [3.8, 4) is 11.1 Å². The number of pyridine rings is 1. The van der Waals surface area contributed by atoms with Gasteiger partial charge in [-0.15, -0.1) is 0 Å². The van der Waals surface area contributed by atoms with E-state index in [4.69, 9.17) is 10.5 Å². The summed E-state index contributed by atoms with van der Waals surface area (Å²) in [6.45, 7) is 7.61. The Kier molecular flexibility index (Phi) is 8.36. The Morgan fingerprint density at radius 1 is 1.15 bits per heavy atom. The molecule has 13 heteroatoms. The van der Waals surface area contributed by atoms with Crippen molar-refractivity contribution in [3.05, 3.63) is 35.9 Å². The number of urea groups is 1. The largest absolute Gasteiger partial charge is 0.444 e. The molecule has 4 N–H and O–H groups in total. The van der Waals surface area contributed by atoms with Crippen molar-refractivity contribution >= 4 is 35.4 Å². The van der Waals surface area contributed by atoms with Gasteiger partial charge in [0.2, 0.25) is 5.91 Å². The molecule has 0 spiro atoms. The third-order valence-electron chi connectivity index (χ3n) is 6.85. The second-order valence-corrected chi connectivity index (χ2v) is 11.6. The first-order chi connectivity index (χ1) is 19.1. The Morgan fingerprint density at radius 2 is 1.88 bits per heavy atom. The van der Waals surface area contributed by atoms with Gasteiger partial charge in [0.1, 0.15) is 17.2 Å². The Labute approximate surface area is 236 Å². The lowest BCUT2D eigenvalue weighted by molar-refractivity contribution is -0.143. The average molecular weight is 577 g/mol. The number of anilines is 3. The van der Waals surface area contributed by atoms with Crippen LogP contribution in [0, 0.1) is 12.8 Å². The number of halogens is 3. The van der Waals surface area contributed by atoms with Crippen LogP contribution in [-0.4, -0.2) is 65.4 Å². The number of hydrogen-bond donors (Lipinski definition) is 3. The monoisotopic (exact) mass is 576 g/mol. The predicted octanol–water partition coefficient (Wildman–Crippen LogP) is 5.08. The molecule has 2 saturated heterocycles. The van der Waals surface area contributed by atoms with Crippen LogP contribution in [-0.2, 0) is 9.53 Å². The summed E-state index contributed by atoms with van der Waals surface area (Å²) in [6, 6.07) is 7.68. The van der Waals surface area contributed by atoms with Gasteiger partial charge in [0.15, 0.2) is 0 Å². The smallest absolute Gasteiger partial charge is 0.407 e. The molecule has 1 aromatic heterocycles. The van der Waals surface area contributed by atoms with Crippen molar-refractivity contribution in [1.82, 2.24) is 15.2 Å². The number of likely N-dealkylation sites (tertiary alicyclic amines) is 1. The number of aryl methyl sites for hydroxylation is 1. The molecule has 2 fully saturated rings. The minimum atomic E-state index is -4.26. The fraction of sp³-hybridized carbons (Fsp3) is 0.500. The minimum Gasteiger partial charge on any atom is -0.444 e. The highest BCUT2D eigenvalue weighted by Crippen LogP contribution is 2.33. The summed E-state index contributed by atoms with van der Waals surface area (Å²) in [5.41, 5.74) is 8.14. The van der Waals surface area contributed by atoms with Gasteiger partial charge in [0.05, 0.1) is 6.04 Å². The van der Waals surface area contributed by atoms with E-state index in [9.17, 15) is 27.6 Å². The van der Waals surface area contributed by atoms with E-state index in [2.05, 4.69) is 15.6 Å². The van der Waals surface area contributed by atoms with Gasteiger partial charge < -0.3 is 26.0 Å². The van der Waals surface area contributed by atoms with Crippen molar-refractivity contribution in [2.45, 2.75) is 64.8 Å². The van der Waals surface area contributed by atoms with Gasteiger partial charge in [-0.3, -0.25) is 9.69 Å². The number of benzene rings is 1. The molecule has 0 bridgehead atoms. The van der Waals surface area contributed by atoms with Gasteiger partial charge in [0.25, 0.3) is 0 Å². The molecule has 2 aliphatic rings.